The molecule has 90 valence electrons. The highest BCUT2D eigenvalue weighted by Gasteiger charge is 2.08. The topological polar surface area (TPSA) is 46.3 Å². The lowest BCUT2D eigenvalue weighted by Gasteiger charge is -2.11. The van der Waals surface area contributed by atoms with Crippen molar-refractivity contribution in [2.75, 3.05) is 19.0 Å². The third-order valence-corrected chi connectivity index (χ3v) is 2.82. The molecular formula is C13H13N5. The lowest BCUT2D eigenvalue weighted by molar-refractivity contribution is 0.800. The van der Waals surface area contributed by atoms with Crippen LogP contribution in [0.1, 0.15) is 0 Å². The van der Waals surface area contributed by atoms with E-state index in [1.807, 2.05) is 55.7 Å². The monoisotopic (exact) mass is 239 g/mol. The molecule has 0 aromatic carbocycles. The van der Waals surface area contributed by atoms with Crippen LogP contribution in [-0.2, 0) is 0 Å². The van der Waals surface area contributed by atoms with E-state index in [9.17, 15) is 0 Å². The molecule has 0 saturated carbocycles. The molecule has 3 aromatic heterocycles. The molecule has 0 bridgehead atoms. The van der Waals surface area contributed by atoms with Crippen LogP contribution in [0.15, 0.2) is 42.9 Å². The minimum Gasteiger partial charge on any atom is -0.363 e. The molecule has 3 rings (SSSR count). The Bertz CT molecular complexity index is 686. The number of fused-ring (bicyclic) bond motifs is 1. The van der Waals surface area contributed by atoms with Gasteiger partial charge < -0.3 is 4.90 Å². The largest absolute Gasteiger partial charge is 0.363 e. The molecule has 0 aliphatic heterocycles. The van der Waals surface area contributed by atoms with Crippen molar-refractivity contribution in [3.8, 4) is 11.1 Å². The van der Waals surface area contributed by atoms with Crippen molar-refractivity contribution in [2.45, 2.75) is 0 Å². The van der Waals surface area contributed by atoms with Crippen molar-refractivity contribution in [1.29, 1.82) is 0 Å². The van der Waals surface area contributed by atoms with Gasteiger partial charge in [0.05, 0.1) is 11.7 Å². The average molecular weight is 239 g/mol. The maximum atomic E-state index is 4.31. The summed E-state index contributed by atoms with van der Waals surface area (Å²) in [6.45, 7) is 0. The van der Waals surface area contributed by atoms with Gasteiger partial charge in [0, 0.05) is 32.1 Å². The fourth-order valence-electron chi connectivity index (χ4n) is 1.89. The van der Waals surface area contributed by atoms with Crippen LogP contribution >= 0.6 is 0 Å². The first-order valence-electron chi connectivity index (χ1n) is 5.68. The number of nitrogens with zero attached hydrogens (tertiary/aromatic N) is 5. The Morgan fingerprint density at radius 3 is 2.83 bits per heavy atom. The van der Waals surface area contributed by atoms with E-state index >= 15 is 0 Å². The third kappa shape index (κ3) is 1.69. The third-order valence-electron chi connectivity index (χ3n) is 2.82. The molecule has 0 spiro atoms. The van der Waals surface area contributed by atoms with Gasteiger partial charge in [-0.25, -0.2) is 4.98 Å². The lowest BCUT2D eigenvalue weighted by atomic mass is 10.1. The number of hydrogen-bond acceptors (Lipinski definition) is 4. The maximum absolute atomic E-state index is 4.31. The van der Waals surface area contributed by atoms with E-state index in [2.05, 4.69) is 15.2 Å². The Labute approximate surface area is 105 Å². The van der Waals surface area contributed by atoms with Crippen LogP contribution in [0.3, 0.4) is 0 Å². The van der Waals surface area contributed by atoms with Crippen LogP contribution < -0.4 is 4.90 Å². The zero-order valence-electron chi connectivity index (χ0n) is 10.3. The van der Waals surface area contributed by atoms with Gasteiger partial charge in [-0.2, -0.15) is 14.8 Å². The fraction of sp³-hybridized carbons (Fsp3) is 0.154. The van der Waals surface area contributed by atoms with E-state index < -0.39 is 0 Å². The highest BCUT2D eigenvalue weighted by Crippen LogP contribution is 2.25. The van der Waals surface area contributed by atoms with Gasteiger partial charge in [0.25, 0.3) is 0 Å². The number of anilines is 1. The maximum Gasteiger partial charge on any atom is 0.128 e. The number of rotatable bonds is 2. The second-order valence-corrected chi connectivity index (χ2v) is 4.25. The molecule has 3 aromatic rings. The molecule has 5 nitrogen and oxygen atoms in total. The Balaban J connectivity index is 2.17. The molecule has 0 fully saturated rings. The van der Waals surface area contributed by atoms with Crippen LogP contribution in [-0.4, -0.2) is 33.9 Å². The second-order valence-electron chi connectivity index (χ2n) is 4.25. The molecule has 0 aliphatic carbocycles. The molecule has 0 amide bonds. The van der Waals surface area contributed by atoms with Crippen LogP contribution in [0.25, 0.3) is 16.6 Å². The minimum atomic E-state index is 0.927. The first-order chi connectivity index (χ1) is 8.75. The molecule has 0 radical (unpaired) electrons. The number of pyridine rings is 1. The molecule has 0 unspecified atom stereocenters. The number of aromatic nitrogens is 4. The van der Waals surface area contributed by atoms with Gasteiger partial charge in [-0.3, -0.25) is 0 Å². The van der Waals surface area contributed by atoms with Gasteiger partial charge >= 0.3 is 0 Å². The van der Waals surface area contributed by atoms with Crippen molar-refractivity contribution in [2.24, 2.45) is 0 Å². The number of hydrogen-bond donors (Lipinski definition) is 0. The molecule has 5 heteroatoms. The van der Waals surface area contributed by atoms with Gasteiger partial charge in [-0.05, 0) is 29.8 Å². The zero-order valence-corrected chi connectivity index (χ0v) is 10.3. The van der Waals surface area contributed by atoms with Crippen LogP contribution in [0.5, 0.6) is 0 Å². The van der Waals surface area contributed by atoms with Gasteiger partial charge in [-0.1, -0.05) is 0 Å². The van der Waals surface area contributed by atoms with E-state index in [0.29, 0.717) is 0 Å². The van der Waals surface area contributed by atoms with E-state index in [4.69, 9.17) is 0 Å². The van der Waals surface area contributed by atoms with Gasteiger partial charge in [-0.15, -0.1) is 0 Å². The molecule has 0 N–H and O–H groups in total. The van der Waals surface area contributed by atoms with E-state index in [0.717, 1.165) is 22.5 Å². The predicted molar refractivity (Wildman–Crippen MR) is 70.5 cm³/mol. The van der Waals surface area contributed by atoms with Crippen LogP contribution in [0.2, 0.25) is 0 Å². The summed E-state index contributed by atoms with van der Waals surface area (Å²) in [5, 5.41) is 8.41. The first kappa shape index (κ1) is 10.7. The normalized spacial score (nSPS) is 10.8. The van der Waals surface area contributed by atoms with E-state index in [-0.39, 0.29) is 0 Å². The Kier molecular flexibility index (Phi) is 2.44. The summed E-state index contributed by atoms with van der Waals surface area (Å²) in [4.78, 5) is 6.29. The first-order valence-corrected chi connectivity index (χ1v) is 5.68. The summed E-state index contributed by atoms with van der Waals surface area (Å²) in [6, 6.07) is 7.95. The van der Waals surface area contributed by atoms with Crippen molar-refractivity contribution < 1.29 is 0 Å². The molecular weight excluding hydrogens is 226 g/mol. The summed E-state index contributed by atoms with van der Waals surface area (Å²) >= 11 is 0. The van der Waals surface area contributed by atoms with Gasteiger partial charge in [0.2, 0.25) is 0 Å². The summed E-state index contributed by atoms with van der Waals surface area (Å²) in [5.74, 6) is 0.927. The summed E-state index contributed by atoms with van der Waals surface area (Å²) in [5.41, 5.74) is 3.15. The van der Waals surface area contributed by atoms with Crippen LogP contribution in [0.4, 0.5) is 5.82 Å². The highest BCUT2D eigenvalue weighted by molar-refractivity contribution is 5.80. The SMILES string of the molecule is CN(C)c1cc(-c2cnn3ncccc23)ccn1. The molecule has 0 atom stereocenters. The Morgan fingerprint density at radius 2 is 2.00 bits per heavy atom. The molecule has 0 aliphatic rings. The standard InChI is InChI=1S/C13H13N5/c1-17(2)13-8-10(5-7-14-13)11-9-16-18-12(11)4-3-6-15-18/h3-9H,1-2H3. The summed E-state index contributed by atoms with van der Waals surface area (Å²) in [7, 11) is 3.95. The van der Waals surface area contributed by atoms with Crippen molar-refractivity contribution in [1.82, 2.24) is 19.8 Å². The van der Waals surface area contributed by atoms with E-state index in [1.54, 1.807) is 10.8 Å². The Morgan fingerprint density at radius 1 is 1.11 bits per heavy atom. The van der Waals surface area contributed by atoms with Gasteiger partial charge in [0.1, 0.15) is 5.82 Å². The predicted octanol–water partition coefficient (Wildman–Crippen LogP) is 1.86. The fourth-order valence-corrected chi connectivity index (χ4v) is 1.89. The average Bonchev–Trinajstić information content (AvgIpc) is 2.82. The van der Waals surface area contributed by atoms with Gasteiger partial charge in [0.15, 0.2) is 0 Å². The lowest BCUT2D eigenvalue weighted by Crippen LogP contribution is -2.10. The summed E-state index contributed by atoms with van der Waals surface area (Å²) in [6.07, 6.45) is 5.36. The zero-order chi connectivity index (χ0) is 12.5. The second kappa shape index (κ2) is 4.10. The Hall–Kier alpha value is -2.43. The van der Waals surface area contributed by atoms with Crippen molar-refractivity contribution >= 4 is 11.3 Å². The van der Waals surface area contributed by atoms with Crippen molar-refractivity contribution in [3.63, 3.8) is 0 Å². The molecule has 3 heterocycles. The van der Waals surface area contributed by atoms with Crippen molar-refractivity contribution in [3.05, 3.63) is 42.9 Å². The van der Waals surface area contributed by atoms with Crippen LogP contribution in [0, 0.1) is 0 Å². The summed E-state index contributed by atoms with van der Waals surface area (Å²) < 4.78 is 1.63. The van der Waals surface area contributed by atoms with E-state index in [1.165, 1.54) is 0 Å². The highest BCUT2D eigenvalue weighted by atomic mass is 15.4. The molecule has 0 saturated heterocycles. The smallest absolute Gasteiger partial charge is 0.128 e. The minimum absolute atomic E-state index is 0.927. The molecule has 18 heavy (non-hydrogen) atoms. The quantitative estimate of drug-likeness (QED) is 0.684.